The quantitative estimate of drug-likeness (QED) is 0.852. The predicted octanol–water partition coefficient (Wildman–Crippen LogP) is 2.50. The van der Waals surface area contributed by atoms with Crippen molar-refractivity contribution in [3.63, 3.8) is 0 Å². The molecule has 4 nitrogen and oxygen atoms in total. The predicted molar refractivity (Wildman–Crippen MR) is 61.2 cm³/mol. The van der Waals surface area contributed by atoms with Gasteiger partial charge in [0.15, 0.2) is 0 Å². The SMILES string of the molecule is O=C(NCc1ccn[nH]1)c1ccc(F)c(C(F)(F)F)c1. The summed E-state index contributed by atoms with van der Waals surface area (Å²) in [7, 11) is 0. The Morgan fingerprint density at radius 2 is 2.05 bits per heavy atom. The highest BCUT2D eigenvalue weighted by molar-refractivity contribution is 5.94. The van der Waals surface area contributed by atoms with Crippen LogP contribution >= 0.6 is 0 Å². The van der Waals surface area contributed by atoms with E-state index in [2.05, 4.69) is 15.5 Å². The molecule has 1 aromatic heterocycles. The number of carbonyl (C=O) groups excluding carboxylic acids is 1. The van der Waals surface area contributed by atoms with Crippen LogP contribution in [0.2, 0.25) is 0 Å². The number of aromatic amines is 1. The van der Waals surface area contributed by atoms with Gasteiger partial charge in [0.25, 0.3) is 5.91 Å². The largest absolute Gasteiger partial charge is 0.419 e. The minimum absolute atomic E-state index is 0.0809. The molecule has 0 fully saturated rings. The first-order valence-electron chi connectivity index (χ1n) is 5.51. The molecule has 8 heteroatoms. The van der Waals surface area contributed by atoms with Crippen LogP contribution in [0.25, 0.3) is 0 Å². The second-order valence-electron chi connectivity index (χ2n) is 3.96. The summed E-state index contributed by atoms with van der Waals surface area (Å²) in [6, 6.07) is 3.70. The lowest BCUT2D eigenvalue weighted by Crippen LogP contribution is -2.23. The lowest BCUT2D eigenvalue weighted by atomic mass is 10.1. The second kappa shape index (κ2) is 5.32. The van der Waals surface area contributed by atoms with E-state index >= 15 is 0 Å². The third-order valence-corrected chi connectivity index (χ3v) is 2.53. The molecular formula is C12H9F4N3O. The fourth-order valence-electron chi connectivity index (χ4n) is 1.54. The van der Waals surface area contributed by atoms with Gasteiger partial charge in [0, 0.05) is 11.8 Å². The van der Waals surface area contributed by atoms with Gasteiger partial charge in [0.2, 0.25) is 0 Å². The number of halogens is 4. The summed E-state index contributed by atoms with van der Waals surface area (Å²) >= 11 is 0. The average Bonchev–Trinajstić information content (AvgIpc) is 2.88. The van der Waals surface area contributed by atoms with Gasteiger partial charge in [-0.1, -0.05) is 0 Å². The van der Waals surface area contributed by atoms with Crippen LogP contribution in [0, 0.1) is 5.82 Å². The third-order valence-electron chi connectivity index (χ3n) is 2.53. The van der Waals surface area contributed by atoms with E-state index in [0.717, 1.165) is 6.07 Å². The Kier molecular flexibility index (Phi) is 3.73. The minimum Gasteiger partial charge on any atom is -0.346 e. The third kappa shape index (κ3) is 3.14. The molecule has 0 atom stereocenters. The molecule has 1 amide bonds. The monoisotopic (exact) mass is 287 g/mol. The first kappa shape index (κ1) is 14.0. The van der Waals surface area contributed by atoms with E-state index in [1.165, 1.54) is 6.20 Å². The molecule has 1 aromatic carbocycles. The van der Waals surface area contributed by atoms with Crippen LogP contribution in [0.1, 0.15) is 21.6 Å². The number of carbonyl (C=O) groups is 1. The number of alkyl halides is 3. The van der Waals surface area contributed by atoms with Crippen molar-refractivity contribution in [2.75, 3.05) is 0 Å². The van der Waals surface area contributed by atoms with Crippen molar-refractivity contribution in [3.8, 4) is 0 Å². The topological polar surface area (TPSA) is 57.8 Å². The Morgan fingerprint density at radius 3 is 2.65 bits per heavy atom. The van der Waals surface area contributed by atoms with E-state index in [9.17, 15) is 22.4 Å². The molecule has 0 spiro atoms. The summed E-state index contributed by atoms with van der Waals surface area (Å²) in [5.74, 6) is -2.15. The van der Waals surface area contributed by atoms with Crippen LogP contribution in [-0.4, -0.2) is 16.1 Å². The van der Waals surface area contributed by atoms with Crippen molar-refractivity contribution in [2.45, 2.75) is 12.7 Å². The number of nitrogens with one attached hydrogen (secondary N) is 2. The van der Waals surface area contributed by atoms with Crippen LogP contribution < -0.4 is 5.32 Å². The van der Waals surface area contributed by atoms with Crippen molar-refractivity contribution < 1.29 is 22.4 Å². The van der Waals surface area contributed by atoms with E-state index in [1.807, 2.05) is 0 Å². The maximum Gasteiger partial charge on any atom is 0.419 e. The van der Waals surface area contributed by atoms with Crippen LogP contribution in [0.5, 0.6) is 0 Å². The maximum absolute atomic E-state index is 13.1. The van der Waals surface area contributed by atoms with Gasteiger partial charge in [-0.25, -0.2) is 4.39 Å². The van der Waals surface area contributed by atoms with Crippen molar-refractivity contribution in [2.24, 2.45) is 0 Å². The van der Waals surface area contributed by atoms with E-state index in [-0.39, 0.29) is 12.1 Å². The first-order valence-corrected chi connectivity index (χ1v) is 5.51. The zero-order valence-corrected chi connectivity index (χ0v) is 9.96. The molecule has 106 valence electrons. The van der Waals surface area contributed by atoms with Gasteiger partial charge in [-0.05, 0) is 24.3 Å². The molecule has 0 unspecified atom stereocenters. The molecule has 0 aliphatic carbocycles. The Labute approximate surface area is 110 Å². The molecule has 2 N–H and O–H groups in total. The van der Waals surface area contributed by atoms with E-state index < -0.39 is 23.5 Å². The molecule has 0 aliphatic heterocycles. The van der Waals surface area contributed by atoms with Crippen LogP contribution in [0.15, 0.2) is 30.5 Å². The fourth-order valence-corrected chi connectivity index (χ4v) is 1.54. The summed E-state index contributed by atoms with van der Waals surface area (Å²) in [5.41, 5.74) is -1.14. The normalized spacial score (nSPS) is 11.4. The number of benzene rings is 1. The van der Waals surface area contributed by atoms with E-state index in [1.54, 1.807) is 6.07 Å². The van der Waals surface area contributed by atoms with Gasteiger partial charge in [-0.2, -0.15) is 18.3 Å². The van der Waals surface area contributed by atoms with Crippen LogP contribution in [0.4, 0.5) is 17.6 Å². The molecule has 1 heterocycles. The van der Waals surface area contributed by atoms with Crippen molar-refractivity contribution in [1.82, 2.24) is 15.5 Å². The lowest BCUT2D eigenvalue weighted by Gasteiger charge is -2.10. The molecule has 0 saturated carbocycles. The number of hydrogen-bond acceptors (Lipinski definition) is 2. The highest BCUT2D eigenvalue weighted by Crippen LogP contribution is 2.31. The number of nitrogens with zero attached hydrogens (tertiary/aromatic N) is 1. The number of amides is 1. The minimum atomic E-state index is -4.84. The smallest absolute Gasteiger partial charge is 0.346 e. The molecule has 20 heavy (non-hydrogen) atoms. The first-order chi connectivity index (χ1) is 9.38. The molecular weight excluding hydrogens is 278 g/mol. The summed E-state index contributed by atoms with van der Waals surface area (Å²) in [6.45, 7) is 0.0809. The number of aromatic nitrogens is 2. The Balaban J connectivity index is 2.14. The van der Waals surface area contributed by atoms with Crippen molar-refractivity contribution >= 4 is 5.91 Å². The molecule has 0 aliphatic rings. The average molecular weight is 287 g/mol. The summed E-state index contributed by atoms with van der Waals surface area (Å²) < 4.78 is 50.6. The van der Waals surface area contributed by atoms with Crippen molar-refractivity contribution in [1.29, 1.82) is 0 Å². The molecule has 0 saturated heterocycles. The molecule has 2 rings (SSSR count). The van der Waals surface area contributed by atoms with Crippen molar-refractivity contribution in [3.05, 3.63) is 53.1 Å². The Morgan fingerprint density at radius 1 is 1.30 bits per heavy atom. The highest BCUT2D eigenvalue weighted by Gasteiger charge is 2.34. The summed E-state index contributed by atoms with van der Waals surface area (Å²) in [5, 5.41) is 8.64. The molecule has 0 radical (unpaired) electrons. The zero-order valence-electron chi connectivity index (χ0n) is 9.96. The second-order valence-corrected chi connectivity index (χ2v) is 3.96. The fraction of sp³-hybridized carbons (Fsp3) is 0.167. The number of H-pyrrole nitrogens is 1. The van der Waals surface area contributed by atoms with Gasteiger partial charge in [0.1, 0.15) is 5.82 Å². The molecule has 2 aromatic rings. The highest BCUT2D eigenvalue weighted by atomic mass is 19.4. The standard InChI is InChI=1S/C12H9F4N3O/c13-10-2-1-7(5-9(10)12(14,15)16)11(20)17-6-8-3-4-18-19-8/h1-5H,6H2,(H,17,20)(H,18,19). The number of rotatable bonds is 3. The van der Waals surface area contributed by atoms with Gasteiger partial charge < -0.3 is 5.32 Å². The summed E-state index contributed by atoms with van der Waals surface area (Å²) in [4.78, 5) is 11.7. The van der Waals surface area contributed by atoms with Gasteiger partial charge in [-0.15, -0.1) is 0 Å². The van der Waals surface area contributed by atoms with Gasteiger partial charge in [0.05, 0.1) is 17.8 Å². The zero-order chi connectivity index (χ0) is 14.8. The van der Waals surface area contributed by atoms with E-state index in [0.29, 0.717) is 17.8 Å². The Hall–Kier alpha value is -2.38. The molecule has 0 bridgehead atoms. The summed E-state index contributed by atoms with van der Waals surface area (Å²) in [6.07, 6.45) is -3.37. The number of hydrogen-bond donors (Lipinski definition) is 2. The van der Waals surface area contributed by atoms with E-state index in [4.69, 9.17) is 0 Å². The van der Waals surface area contributed by atoms with Gasteiger partial charge >= 0.3 is 6.18 Å². The Bertz CT molecular complexity index is 608. The lowest BCUT2D eigenvalue weighted by molar-refractivity contribution is -0.140. The van der Waals surface area contributed by atoms with Crippen LogP contribution in [-0.2, 0) is 12.7 Å². The van der Waals surface area contributed by atoms with Gasteiger partial charge in [-0.3, -0.25) is 9.89 Å². The maximum atomic E-state index is 13.1. The van der Waals surface area contributed by atoms with Crippen LogP contribution in [0.3, 0.4) is 0 Å².